The Labute approximate surface area is 141 Å². The fraction of sp³-hybridized carbons (Fsp3) is 0.0667. The fourth-order valence-corrected chi connectivity index (χ4v) is 2.57. The predicted octanol–water partition coefficient (Wildman–Crippen LogP) is 3.25. The van der Waals surface area contributed by atoms with Gasteiger partial charge in [-0.1, -0.05) is 24.3 Å². The zero-order valence-electron chi connectivity index (χ0n) is 12.4. The molecule has 0 saturated heterocycles. The van der Waals surface area contributed by atoms with Crippen LogP contribution >= 0.6 is 0 Å². The van der Waals surface area contributed by atoms with Crippen molar-refractivity contribution in [3.8, 4) is 6.07 Å². The van der Waals surface area contributed by atoms with E-state index in [1.54, 1.807) is 0 Å². The van der Waals surface area contributed by atoms with Gasteiger partial charge in [0.05, 0.1) is 17.3 Å². The molecule has 10 heteroatoms. The highest BCUT2D eigenvalue weighted by molar-refractivity contribution is 7.87. The van der Waals surface area contributed by atoms with Gasteiger partial charge in [0.1, 0.15) is 4.90 Å². The monoisotopic (exact) mass is 369 g/mol. The SMILES string of the molecule is N#Cc1cccc(NN=C(OS(=O)(=O)c2ccccc2)C(F)(F)F)c1. The van der Waals surface area contributed by atoms with Crippen molar-refractivity contribution in [2.45, 2.75) is 11.1 Å². The van der Waals surface area contributed by atoms with Crippen LogP contribution in [0.15, 0.2) is 64.6 Å². The van der Waals surface area contributed by atoms with Gasteiger partial charge in [0, 0.05) is 0 Å². The summed E-state index contributed by atoms with van der Waals surface area (Å²) < 4.78 is 67.0. The lowest BCUT2D eigenvalue weighted by Gasteiger charge is -2.12. The Hall–Kier alpha value is -3.06. The highest BCUT2D eigenvalue weighted by atomic mass is 32.2. The number of hydrazone groups is 1. The van der Waals surface area contributed by atoms with Gasteiger partial charge >= 0.3 is 22.2 Å². The molecule has 2 aromatic rings. The van der Waals surface area contributed by atoms with Crippen molar-refractivity contribution in [2.24, 2.45) is 5.10 Å². The van der Waals surface area contributed by atoms with Crippen LogP contribution in [0.25, 0.3) is 0 Å². The number of rotatable bonds is 4. The molecule has 0 atom stereocenters. The largest absolute Gasteiger partial charge is 0.471 e. The van der Waals surface area contributed by atoms with Crippen LogP contribution in [0, 0.1) is 11.3 Å². The molecule has 0 fully saturated rings. The first kappa shape index (κ1) is 18.3. The molecule has 130 valence electrons. The molecule has 0 saturated carbocycles. The average Bonchev–Trinajstić information content (AvgIpc) is 2.58. The van der Waals surface area contributed by atoms with E-state index in [2.05, 4.69) is 9.28 Å². The smallest absolute Gasteiger partial charge is 0.351 e. The normalized spacial score (nSPS) is 12.3. The summed E-state index contributed by atoms with van der Waals surface area (Å²) in [4.78, 5) is -0.446. The molecule has 0 aliphatic heterocycles. The van der Waals surface area contributed by atoms with E-state index in [0.717, 1.165) is 12.1 Å². The summed E-state index contributed by atoms with van der Waals surface area (Å²) in [5, 5.41) is 11.7. The van der Waals surface area contributed by atoms with Gasteiger partial charge in [-0.05, 0) is 30.3 Å². The summed E-state index contributed by atoms with van der Waals surface area (Å²) in [7, 11) is -4.70. The number of halogens is 3. The number of hydrogen-bond acceptors (Lipinski definition) is 6. The molecule has 0 spiro atoms. The number of hydrogen-bond donors (Lipinski definition) is 1. The molecule has 25 heavy (non-hydrogen) atoms. The molecule has 2 aromatic carbocycles. The zero-order valence-corrected chi connectivity index (χ0v) is 13.2. The van der Waals surface area contributed by atoms with E-state index in [0.29, 0.717) is 0 Å². The number of nitrogens with zero attached hydrogens (tertiary/aromatic N) is 2. The molecule has 0 bridgehead atoms. The zero-order chi connectivity index (χ0) is 18.5. The third-order valence-electron chi connectivity index (χ3n) is 2.74. The Morgan fingerprint density at radius 1 is 1.12 bits per heavy atom. The summed E-state index contributed by atoms with van der Waals surface area (Å²) in [6.45, 7) is 0. The summed E-state index contributed by atoms with van der Waals surface area (Å²) in [5.74, 6) is -1.99. The van der Waals surface area contributed by atoms with Crippen molar-refractivity contribution >= 4 is 21.7 Å². The lowest BCUT2D eigenvalue weighted by molar-refractivity contribution is -0.0707. The summed E-state index contributed by atoms with van der Waals surface area (Å²) in [6, 6.07) is 13.6. The first-order valence-corrected chi connectivity index (χ1v) is 8.04. The Bertz CT molecular complexity index is 920. The van der Waals surface area contributed by atoms with Crippen LogP contribution in [-0.4, -0.2) is 20.5 Å². The van der Waals surface area contributed by atoms with E-state index in [-0.39, 0.29) is 11.3 Å². The maximum atomic E-state index is 13.0. The van der Waals surface area contributed by atoms with Crippen LogP contribution in [0.4, 0.5) is 18.9 Å². The van der Waals surface area contributed by atoms with Crippen LogP contribution < -0.4 is 5.43 Å². The number of anilines is 1. The Morgan fingerprint density at radius 3 is 2.40 bits per heavy atom. The average molecular weight is 369 g/mol. The quantitative estimate of drug-likeness (QED) is 0.387. The van der Waals surface area contributed by atoms with Crippen molar-refractivity contribution in [3.63, 3.8) is 0 Å². The molecule has 0 aromatic heterocycles. The molecule has 0 amide bonds. The highest BCUT2D eigenvalue weighted by Gasteiger charge is 2.42. The second kappa shape index (κ2) is 7.23. The Balaban J connectivity index is 2.29. The maximum absolute atomic E-state index is 13.0. The first-order chi connectivity index (χ1) is 11.7. The van der Waals surface area contributed by atoms with E-state index >= 15 is 0 Å². The minimum Gasteiger partial charge on any atom is -0.351 e. The summed E-state index contributed by atoms with van der Waals surface area (Å²) in [5.41, 5.74) is 2.27. The van der Waals surface area contributed by atoms with Gasteiger partial charge in [-0.15, -0.1) is 5.10 Å². The standard InChI is InChI=1S/C15H10F3N3O3S/c16-15(17,18)14(21-20-12-6-4-5-11(9-12)10-19)24-25(22,23)13-7-2-1-3-8-13/h1-9,20H. The van der Waals surface area contributed by atoms with E-state index in [4.69, 9.17) is 5.26 Å². The number of alkyl halides is 3. The van der Waals surface area contributed by atoms with Crippen LogP contribution in [0.1, 0.15) is 5.56 Å². The van der Waals surface area contributed by atoms with Gasteiger partial charge in [-0.3, -0.25) is 5.43 Å². The van der Waals surface area contributed by atoms with Gasteiger partial charge in [0.15, 0.2) is 0 Å². The number of benzene rings is 2. The lowest BCUT2D eigenvalue weighted by atomic mass is 10.2. The molecular formula is C15H10F3N3O3S. The number of nitriles is 1. The van der Waals surface area contributed by atoms with Gasteiger partial charge in [-0.25, -0.2) is 0 Å². The van der Waals surface area contributed by atoms with Gasteiger partial charge in [0.2, 0.25) is 0 Å². The molecule has 0 radical (unpaired) electrons. The Morgan fingerprint density at radius 2 is 1.80 bits per heavy atom. The first-order valence-electron chi connectivity index (χ1n) is 6.63. The molecular weight excluding hydrogens is 359 g/mol. The molecule has 0 aliphatic rings. The minimum atomic E-state index is -5.15. The fourth-order valence-electron chi connectivity index (χ4n) is 1.64. The van der Waals surface area contributed by atoms with Crippen molar-refractivity contribution < 1.29 is 25.8 Å². The van der Waals surface area contributed by atoms with E-state index in [1.807, 2.05) is 11.5 Å². The lowest BCUT2D eigenvalue weighted by Crippen LogP contribution is -2.29. The third-order valence-corrected chi connectivity index (χ3v) is 3.97. The molecule has 0 heterocycles. The minimum absolute atomic E-state index is 0.0570. The van der Waals surface area contributed by atoms with Crippen LogP contribution in [0.5, 0.6) is 0 Å². The molecule has 1 N–H and O–H groups in total. The van der Waals surface area contributed by atoms with Crippen molar-refractivity contribution in [2.75, 3.05) is 5.43 Å². The molecule has 6 nitrogen and oxygen atoms in total. The third kappa shape index (κ3) is 4.95. The Kier molecular flexibility index (Phi) is 5.29. The number of nitrogens with one attached hydrogen (secondary N) is 1. The van der Waals surface area contributed by atoms with E-state index < -0.39 is 27.1 Å². The summed E-state index contributed by atoms with van der Waals surface area (Å²) >= 11 is 0. The molecule has 0 unspecified atom stereocenters. The van der Waals surface area contributed by atoms with Crippen LogP contribution in [0.2, 0.25) is 0 Å². The van der Waals surface area contributed by atoms with Gasteiger partial charge in [0.25, 0.3) is 0 Å². The second-order valence-corrected chi connectivity index (χ2v) is 6.12. The molecule has 0 aliphatic carbocycles. The molecule has 2 rings (SSSR count). The van der Waals surface area contributed by atoms with Crippen molar-refractivity contribution in [1.29, 1.82) is 5.26 Å². The topological polar surface area (TPSA) is 91.5 Å². The highest BCUT2D eigenvalue weighted by Crippen LogP contribution is 2.23. The van der Waals surface area contributed by atoms with Gasteiger partial charge < -0.3 is 4.18 Å². The van der Waals surface area contributed by atoms with Crippen LogP contribution in [0.3, 0.4) is 0 Å². The second-order valence-electron chi connectivity index (χ2n) is 4.57. The van der Waals surface area contributed by atoms with E-state index in [1.165, 1.54) is 42.5 Å². The van der Waals surface area contributed by atoms with Crippen LogP contribution in [-0.2, 0) is 14.3 Å². The van der Waals surface area contributed by atoms with Crippen molar-refractivity contribution in [1.82, 2.24) is 0 Å². The van der Waals surface area contributed by atoms with E-state index in [9.17, 15) is 21.6 Å². The summed E-state index contributed by atoms with van der Waals surface area (Å²) in [6.07, 6.45) is -5.15. The maximum Gasteiger partial charge on any atom is 0.471 e. The van der Waals surface area contributed by atoms with Gasteiger partial charge in [-0.2, -0.15) is 26.9 Å². The predicted molar refractivity (Wildman–Crippen MR) is 83.0 cm³/mol. The van der Waals surface area contributed by atoms with Crippen molar-refractivity contribution in [3.05, 3.63) is 60.2 Å².